The van der Waals surface area contributed by atoms with Crippen LogP contribution in [0.5, 0.6) is 0 Å². The summed E-state index contributed by atoms with van der Waals surface area (Å²) in [5.41, 5.74) is 0.818. The fraction of sp³-hybridized carbons (Fsp3) is 0.647. The van der Waals surface area contributed by atoms with Gasteiger partial charge in [0.05, 0.1) is 18.1 Å². The Morgan fingerprint density at radius 2 is 2.04 bits per heavy atom. The lowest BCUT2D eigenvalue weighted by atomic mass is 10.3. The Bertz CT molecular complexity index is 772. The summed E-state index contributed by atoms with van der Waals surface area (Å²) in [5.74, 6) is 0.798. The molecule has 1 saturated heterocycles. The average Bonchev–Trinajstić information content (AvgIpc) is 3.23. The van der Waals surface area contributed by atoms with Crippen molar-refractivity contribution < 1.29 is 4.79 Å². The van der Waals surface area contributed by atoms with Gasteiger partial charge < -0.3 is 10.2 Å². The SMILES string of the molecule is CC(C)Sc1nc(N2CCCC2)c2cnn(CCNC(=O)C(C)Cl)c2n1. The smallest absolute Gasteiger partial charge is 0.237 e. The maximum atomic E-state index is 11.6. The molecule has 0 spiro atoms. The molecule has 1 amide bonds. The van der Waals surface area contributed by atoms with Gasteiger partial charge in [0, 0.05) is 24.9 Å². The summed E-state index contributed by atoms with van der Waals surface area (Å²) in [5, 5.41) is 8.90. The van der Waals surface area contributed by atoms with Crippen LogP contribution in [0.2, 0.25) is 0 Å². The van der Waals surface area contributed by atoms with Crippen molar-refractivity contribution in [1.82, 2.24) is 25.1 Å². The summed E-state index contributed by atoms with van der Waals surface area (Å²) < 4.78 is 1.83. The molecule has 3 rings (SSSR count). The molecule has 1 fully saturated rings. The van der Waals surface area contributed by atoms with E-state index in [1.165, 1.54) is 12.8 Å². The normalized spacial score (nSPS) is 15.8. The minimum Gasteiger partial charge on any atom is -0.356 e. The molecular weight excluding hydrogens is 372 g/mol. The van der Waals surface area contributed by atoms with Gasteiger partial charge in [0.25, 0.3) is 0 Å². The second-order valence-electron chi connectivity index (χ2n) is 6.70. The molecule has 142 valence electrons. The first kappa shape index (κ1) is 19.2. The molecule has 0 radical (unpaired) electrons. The van der Waals surface area contributed by atoms with E-state index in [4.69, 9.17) is 21.6 Å². The molecule has 1 aliphatic heterocycles. The number of thioether (sulfide) groups is 1. The Hall–Kier alpha value is -1.54. The third kappa shape index (κ3) is 4.40. The van der Waals surface area contributed by atoms with E-state index in [2.05, 4.69) is 29.2 Å². The first-order valence-electron chi connectivity index (χ1n) is 9.02. The summed E-state index contributed by atoms with van der Waals surface area (Å²) >= 11 is 7.44. The summed E-state index contributed by atoms with van der Waals surface area (Å²) in [6.07, 6.45) is 4.21. The number of halogens is 1. The zero-order chi connectivity index (χ0) is 18.7. The largest absolute Gasteiger partial charge is 0.356 e. The fourth-order valence-electron chi connectivity index (χ4n) is 2.94. The van der Waals surface area contributed by atoms with Crippen LogP contribution in [0.3, 0.4) is 0 Å². The fourth-order valence-corrected chi connectivity index (χ4v) is 3.72. The van der Waals surface area contributed by atoms with Gasteiger partial charge in [-0.15, -0.1) is 11.6 Å². The van der Waals surface area contributed by atoms with Crippen LogP contribution in [-0.2, 0) is 11.3 Å². The Morgan fingerprint density at radius 1 is 1.31 bits per heavy atom. The van der Waals surface area contributed by atoms with Gasteiger partial charge in [-0.1, -0.05) is 25.6 Å². The van der Waals surface area contributed by atoms with Crippen LogP contribution in [0.4, 0.5) is 5.82 Å². The highest BCUT2D eigenvalue weighted by Crippen LogP contribution is 2.30. The highest BCUT2D eigenvalue weighted by molar-refractivity contribution is 7.99. The van der Waals surface area contributed by atoms with Crippen molar-refractivity contribution in [2.45, 2.75) is 55.9 Å². The lowest BCUT2D eigenvalue weighted by Crippen LogP contribution is -2.32. The number of alkyl halides is 1. The molecule has 1 N–H and O–H groups in total. The molecule has 0 aliphatic carbocycles. The van der Waals surface area contributed by atoms with E-state index in [9.17, 15) is 4.79 Å². The van der Waals surface area contributed by atoms with Gasteiger partial charge >= 0.3 is 0 Å². The van der Waals surface area contributed by atoms with E-state index in [1.807, 2.05) is 10.9 Å². The predicted octanol–water partition coefficient (Wildman–Crippen LogP) is 2.67. The third-order valence-corrected chi connectivity index (χ3v) is 5.25. The average molecular weight is 397 g/mol. The quantitative estimate of drug-likeness (QED) is 0.440. The zero-order valence-electron chi connectivity index (χ0n) is 15.4. The van der Waals surface area contributed by atoms with Crippen LogP contribution in [0.1, 0.15) is 33.6 Å². The minimum absolute atomic E-state index is 0.174. The van der Waals surface area contributed by atoms with E-state index in [0.29, 0.717) is 18.3 Å². The minimum atomic E-state index is -0.539. The van der Waals surface area contributed by atoms with Gasteiger partial charge in [0.15, 0.2) is 10.8 Å². The topological polar surface area (TPSA) is 75.9 Å². The van der Waals surface area contributed by atoms with Crippen LogP contribution in [0.25, 0.3) is 11.0 Å². The van der Waals surface area contributed by atoms with Gasteiger partial charge in [0.1, 0.15) is 11.2 Å². The zero-order valence-corrected chi connectivity index (χ0v) is 17.0. The maximum absolute atomic E-state index is 11.6. The summed E-state index contributed by atoms with van der Waals surface area (Å²) in [7, 11) is 0. The predicted molar refractivity (Wildman–Crippen MR) is 106 cm³/mol. The molecule has 3 heterocycles. The van der Waals surface area contributed by atoms with Gasteiger partial charge in [-0.3, -0.25) is 4.79 Å². The van der Waals surface area contributed by atoms with E-state index in [-0.39, 0.29) is 5.91 Å². The van der Waals surface area contributed by atoms with E-state index in [1.54, 1.807) is 18.7 Å². The number of hydrogen-bond acceptors (Lipinski definition) is 6. The van der Waals surface area contributed by atoms with Gasteiger partial charge in [0.2, 0.25) is 5.91 Å². The molecule has 7 nitrogen and oxygen atoms in total. The molecule has 2 aromatic rings. The summed E-state index contributed by atoms with van der Waals surface area (Å²) in [6, 6.07) is 0. The highest BCUT2D eigenvalue weighted by Gasteiger charge is 2.21. The number of nitrogens with one attached hydrogen (secondary N) is 1. The number of carbonyl (C=O) groups is 1. The Balaban J connectivity index is 1.87. The number of amides is 1. The molecular formula is C17H25ClN6OS. The van der Waals surface area contributed by atoms with Crippen molar-refractivity contribution in [1.29, 1.82) is 0 Å². The van der Waals surface area contributed by atoms with Gasteiger partial charge in [-0.05, 0) is 19.8 Å². The molecule has 0 saturated carbocycles. The lowest BCUT2D eigenvalue weighted by molar-refractivity contribution is -0.120. The van der Waals surface area contributed by atoms with Gasteiger partial charge in [-0.25, -0.2) is 14.6 Å². The second kappa shape index (κ2) is 8.43. The van der Waals surface area contributed by atoms with Crippen molar-refractivity contribution in [2.24, 2.45) is 0 Å². The van der Waals surface area contributed by atoms with Crippen molar-refractivity contribution in [2.75, 3.05) is 24.5 Å². The van der Waals surface area contributed by atoms with Crippen LogP contribution < -0.4 is 10.2 Å². The van der Waals surface area contributed by atoms with E-state index < -0.39 is 5.38 Å². The van der Waals surface area contributed by atoms with E-state index >= 15 is 0 Å². The lowest BCUT2D eigenvalue weighted by Gasteiger charge is -2.18. The van der Waals surface area contributed by atoms with Crippen LogP contribution in [-0.4, -0.2) is 55.9 Å². The molecule has 26 heavy (non-hydrogen) atoms. The molecule has 9 heteroatoms. The van der Waals surface area contributed by atoms with E-state index in [0.717, 1.165) is 35.1 Å². The summed E-state index contributed by atoms with van der Waals surface area (Å²) in [6.45, 7) is 8.97. The maximum Gasteiger partial charge on any atom is 0.237 e. The number of hydrogen-bond donors (Lipinski definition) is 1. The number of rotatable bonds is 7. The number of anilines is 1. The molecule has 2 aromatic heterocycles. The van der Waals surface area contributed by atoms with Crippen molar-refractivity contribution in [3.8, 4) is 0 Å². The third-order valence-electron chi connectivity index (χ3n) is 4.19. The van der Waals surface area contributed by atoms with Crippen LogP contribution >= 0.6 is 23.4 Å². The number of aromatic nitrogens is 4. The van der Waals surface area contributed by atoms with Crippen molar-refractivity contribution in [3.63, 3.8) is 0 Å². The molecule has 0 bridgehead atoms. The standard InChI is InChI=1S/C17H25ClN6OS/c1-11(2)26-17-21-14(23-7-4-5-8-23)13-10-20-24(15(13)22-17)9-6-19-16(25)12(3)18/h10-12H,4-9H2,1-3H3,(H,19,25). The molecule has 0 aromatic carbocycles. The first-order chi connectivity index (χ1) is 12.5. The Kier molecular flexibility index (Phi) is 6.24. The number of nitrogens with zero attached hydrogens (tertiary/aromatic N) is 5. The monoisotopic (exact) mass is 396 g/mol. The van der Waals surface area contributed by atoms with Crippen LogP contribution in [0.15, 0.2) is 11.4 Å². The van der Waals surface area contributed by atoms with Crippen molar-refractivity contribution >= 4 is 46.1 Å². The van der Waals surface area contributed by atoms with Crippen molar-refractivity contribution in [3.05, 3.63) is 6.20 Å². The molecule has 1 aliphatic rings. The second-order valence-corrected chi connectivity index (χ2v) is 8.90. The number of carbonyl (C=O) groups excluding carboxylic acids is 1. The Labute approximate surface area is 162 Å². The highest BCUT2D eigenvalue weighted by atomic mass is 35.5. The first-order valence-corrected chi connectivity index (χ1v) is 10.3. The van der Waals surface area contributed by atoms with Gasteiger partial charge in [-0.2, -0.15) is 5.10 Å². The summed E-state index contributed by atoms with van der Waals surface area (Å²) in [4.78, 5) is 23.5. The van der Waals surface area contributed by atoms with Crippen LogP contribution in [0, 0.1) is 0 Å². The number of fused-ring (bicyclic) bond motifs is 1. The molecule has 1 unspecified atom stereocenters. The molecule has 1 atom stereocenters. The Morgan fingerprint density at radius 3 is 2.69 bits per heavy atom.